The summed E-state index contributed by atoms with van der Waals surface area (Å²) in [5.74, 6) is 1.17. The highest BCUT2D eigenvalue weighted by Gasteiger charge is 2.40. The lowest BCUT2D eigenvalue weighted by Gasteiger charge is -2.18. The molecule has 1 aliphatic rings. The van der Waals surface area contributed by atoms with Gasteiger partial charge in [0.25, 0.3) is 11.8 Å². The van der Waals surface area contributed by atoms with Gasteiger partial charge in [-0.2, -0.15) is 0 Å². The number of thioether (sulfide) groups is 1. The van der Waals surface area contributed by atoms with E-state index in [1.54, 1.807) is 32.4 Å². The number of rotatable bonds is 6. The highest BCUT2D eigenvalue weighted by Crippen LogP contribution is 2.41. The number of hydrogen-bond donors (Lipinski definition) is 0. The van der Waals surface area contributed by atoms with Crippen LogP contribution in [0.4, 0.5) is 5.69 Å². The number of anilines is 1. The van der Waals surface area contributed by atoms with Crippen LogP contribution in [0.3, 0.4) is 0 Å². The first-order valence-corrected chi connectivity index (χ1v) is 9.97. The Morgan fingerprint density at radius 2 is 1.64 bits per heavy atom. The van der Waals surface area contributed by atoms with Crippen LogP contribution in [0.2, 0.25) is 0 Å². The minimum atomic E-state index is -0.318. The zero-order chi connectivity index (χ0) is 20.4. The summed E-state index contributed by atoms with van der Waals surface area (Å²) in [6.07, 6.45) is 0. The lowest BCUT2D eigenvalue weighted by atomic mass is 10.0. The number of imide groups is 1. The van der Waals surface area contributed by atoms with Crippen LogP contribution in [0.25, 0.3) is 5.57 Å². The molecule has 2 aromatic rings. The predicted molar refractivity (Wildman–Crippen MR) is 113 cm³/mol. The van der Waals surface area contributed by atoms with Gasteiger partial charge in [0.2, 0.25) is 0 Å². The summed E-state index contributed by atoms with van der Waals surface area (Å²) in [5.41, 5.74) is 3.53. The Morgan fingerprint density at radius 3 is 2.29 bits per heavy atom. The standard InChI is InChI=1S/C22H23NO4S/c1-6-28-20-19(15-9-10-17(26-4)18(12-15)27-5)21(24)23(22(20)25)16-11-13(2)7-8-14(16)3/h7-12H,6H2,1-5H3. The molecule has 28 heavy (non-hydrogen) atoms. The minimum absolute atomic E-state index is 0.282. The number of benzene rings is 2. The van der Waals surface area contributed by atoms with E-state index in [2.05, 4.69) is 0 Å². The van der Waals surface area contributed by atoms with Gasteiger partial charge < -0.3 is 9.47 Å². The van der Waals surface area contributed by atoms with E-state index < -0.39 is 0 Å². The van der Waals surface area contributed by atoms with Crippen LogP contribution < -0.4 is 14.4 Å². The third-order valence-electron chi connectivity index (χ3n) is 4.61. The fraction of sp³-hybridized carbons (Fsp3) is 0.273. The number of hydrogen-bond acceptors (Lipinski definition) is 5. The van der Waals surface area contributed by atoms with E-state index in [0.717, 1.165) is 11.1 Å². The maximum Gasteiger partial charge on any atom is 0.272 e. The van der Waals surface area contributed by atoms with E-state index >= 15 is 0 Å². The topological polar surface area (TPSA) is 55.8 Å². The van der Waals surface area contributed by atoms with Crippen LogP contribution >= 0.6 is 11.8 Å². The number of nitrogens with zero attached hydrogens (tertiary/aromatic N) is 1. The quantitative estimate of drug-likeness (QED) is 0.678. The molecule has 0 saturated heterocycles. The molecule has 0 saturated carbocycles. The number of carbonyl (C=O) groups is 2. The number of carbonyl (C=O) groups excluding carboxylic acids is 2. The van der Waals surface area contributed by atoms with Gasteiger partial charge in [-0.05, 0) is 54.5 Å². The fourth-order valence-electron chi connectivity index (χ4n) is 3.21. The third kappa shape index (κ3) is 3.40. The average molecular weight is 397 g/mol. The van der Waals surface area contributed by atoms with Gasteiger partial charge in [0.1, 0.15) is 0 Å². The lowest BCUT2D eigenvalue weighted by Crippen LogP contribution is -2.32. The molecule has 0 atom stereocenters. The van der Waals surface area contributed by atoms with Gasteiger partial charge >= 0.3 is 0 Å². The second kappa shape index (κ2) is 8.10. The van der Waals surface area contributed by atoms with Crippen molar-refractivity contribution >= 4 is 34.8 Å². The highest BCUT2D eigenvalue weighted by molar-refractivity contribution is 8.04. The van der Waals surface area contributed by atoms with Gasteiger partial charge in [-0.1, -0.05) is 25.1 Å². The Hall–Kier alpha value is -2.73. The van der Waals surface area contributed by atoms with E-state index in [9.17, 15) is 9.59 Å². The summed E-state index contributed by atoms with van der Waals surface area (Å²) >= 11 is 1.38. The van der Waals surface area contributed by atoms with Crippen LogP contribution in [0.5, 0.6) is 11.5 Å². The van der Waals surface area contributed by atoms with Crippen molar-refractivity contribution in [3.05, 3.63) is 58.0 Å². The first-order valence-electron chi connectivity index (χ1n) is 8.98. The molecule has 0 aliphatic carbocycles. The number of ether oxygens (including phenoxy) is 2. The molecule has 0 radical (unpaired) electrons. The molecule has 1 heterocycles. The smallest absolute Gasteiger partial charge is 0.272 e. The summed E-state index contributed by atoms with van der Waals surface area (Å²) in [5, 5.41) is 0. The van der Waals surface area contributed by atoms with Crippen molar-refractivity contribution in [1.82, 2.24) is 0 Å². The summed E-state index contributed by atoms with van der Waals surface area (Å²) in [4.78, 5) is 28.3. The molecule has 5 nitrogen and oxygen atoms in total. The average Bonchev–Trinajstić information content (AvgIpc) is 2.93. The second-order valence-electron chi connectivity index (χ2n) is 6.44. The Morgan fingerprint density at radius 1 is 0.929 bits per heavy atom. The molecule has 146 valence electrons. The van der Waals surface area contributed by atoms with Gasteiger partial charge in [-0.15, -0.1) is 11.8 Å². The van der Waals surface area contributed by atoms with Gasteiger partial charge in [0.15, 0.2) is 11.5 Å². The Labute approximate surface area is 169 Å². The van der Waals surface area contributed by atoms with Crippen molar-refractivity contribution in [2.75, 3.05) is 24.9 Å². The van der Waals surface area contributed by atoms with Gasteiger partial charge in [0.05, 0.1) is 30.4 Å². The molecule has 2 amide bonds. The van der Waals surface area contributed by atoms with Crippen molar-refractivity contribution in [3.63, 3.8) is 0 Å². The van der Waals surface area contributed by atoms with Crippen LogP contribution in [0.15, 0.2) is 41.3 Å². The van der Waals surface area contributed by atoms with Crippen LogP contribution in [-0.2, 0) is 9.59 Å². The first-order chi connectivity index (χ1) is 13.4. The van der Waals surface area contributed by atoms with Gasteiger partial charge in [-0.25, -0.2) is 4.90 Å². The van der Waals surface area contributed by atoms with Crippen LogP contribution in [-0.4, -0.2) is 31.8 Å². The van der Waals surface area contributed by atoms with Gasteiger partial charge in [-0.3, -0.25) is 9.59 Å². The summed E-state index contributed by atoms with van der Waals surface area (Å²) in [6.45, 7) is 5.80. The van der Waals surface area contributed by atoms with E-state index in [0.29, 0.717) is 39.0 Å². The SMILES string of the molecule is CCSC1=C(c2ccc(OC)c(OC)c2)C(=O)N(c2cc(C)ccc2C)C1=O. The van der Waals surface area contributed by atoms with Crippen molar-refractivity contribution in [3.8, 4) is 11.5 Å². The molecule has 6 heteroatoms. The maximum absolute atomic E-state index is 13.4. The maximum atomic E-state index is 13.4. The molecular weight excluding hydrogens is 374 g/mol. The number of amides is 2. The molecule has 0 fully saturated rings. The Bertz CT molecular complexity index is 980. The molecule has 2 aromatic carbocycles. The van der Waals surface area contributed by atoms with Gasteiger partial charge in [0, 0.05) is 0 Å². The molecule has 0 spiro atoms. The molecule has 0 unspecified atom stereocenters. The first kappa shape index (κ1) is 20.0. The largest absolute Gasteiger partial charge is 0.493 e. The van der Waals surface area contributed by atoms with Crippen LogP contribution in [0.1, 0.15) is 23.6 Å². The minimum Gasteiger partial charge on any atom is -0.493 e. The zero-order valence-corrected chi connectivity index (χ0v) is 17.5. The van der Waals surface area contributed by atoms with Crippen molar-refractivity contribution < 1.29 is 19.1 Å². The normalized spacial score (nSPS) is 14.1. The fourth-order valence-corrected chi connectivity index (χ4v) is 4.07. The molecular formula is C22H23NO4S. The summed E-state index contributed by atoms with van der Waals surface area (Å²) in [7, 11) is 3.10. The molecule has 0 aromatic heterocycles. The highest BCUT2D eigenvalue weighted by atomic mass is 32.2. The molecule has 0 bridgehead atoms. The Kier molecular flexibility index (Phi) is 5.79. The second-order valence-corrected chi connectivity index (χ2v) is 7.72. The van der Waals surface area contributed by atoms with E-state index in [4.69, 9.17) is 9.47 Å². The Balaban J connectivity index is 2.14. The van der Waals surface area contributed by atoms with E-state index in [-0.39, 0.29) is 11.8 Å². The molecule has 1 aliphatic heterocycles. The zero-order valence-electron chi connectivity index (χ0n) is 16.7. The van der Waals surface area contributed by atoms with E-state index in [1.807, 2.05) is 39.0 Å². The third-order valence-corrected chi connectivity index (χ3v) is 5.56. The van der Waals surface area contributed by atoms with Crippen molar-refractivity contribution in [2.24, 2.45) is 0 Å². The summed E-state index contributed by atoms with van der Waals surface area (Å²) < 4.78 is 10.7. The lowest BCUT2D eigenvalue weighted by molar-refractivity contribution is -0.119. The van der Waals surface area contributed by atoms with Crippen molar-refractivity contribution in [2.45, 2.75) is 20.8 Å². The molecule has 3 rings (SSSR count). The molecule has 0 N–H and O–H groups in total. The predicted octanol–water partition coefficient (Wildman–Crippen LogP) is 4.36. The van der Waals surface area contributed by atoms with E-state index in [1.165, 1.54) is 16.7 Å². The number of methoxy groups -OCH3 is 2. The van der Waals surface area contributed by atoms with Crippen LogP contribution in [0, 0.1) is 13.8 Å². The van der Waals surface area contributed by atoms with Crippen molar-refractivity contribution in [1.29, 1.82) is 0 Å². The summed E-state index contributed by atoms with van der Waals surface area (Å²) in [6, 6.07) is 11.0. The monoisotopic (exact) mass is 397 g/mol. The number of aryl methyl sites for hydroxylation is 2.